The summed E-state index contributed by atoms with van der Waals surface area (Å²) in [5.41, 5.74) is 4.50. The van der Waals surface area contributed by atoms with Crippen molar-refractivity contribution in [3.63, 3.8) is 0 Å². The number of rotatable bonds is 6. The van der Waals surface area contributed by atoms with Crippen LogP contribution < -0.4 is 5.69 Å². The topological polar surface area (TPSA) is 91.3 Å². The predicted molar refractivity (Wildman–Crippen MR) is 127 cm³/mol. The number of fused-ring (bicyclic) bond motifs is 1. The molecule has 1 aliphatic heterocycles. The van der Waals surface area contributed by atoms with E-state index in [1.165, 1.54) is 18.4 Å². The van der Waals surface area contributed by atoms with Crippen molar-refractivity contribution in [3.8, 4) is 5.69 Å². The minimum absolute atomic E-state index is 0.157. The third-order valence-corrected chi connectivity index (χ3v) is 6.93. The van der Waals surface area contributed by atoms with Crippen LogP contribution in [0.2, 0.25) is 0 Å². The molecule has 0 unspecified atom stereocenters. The minimum Gasteiger partial charge on any atom is -0.478 e. The summed E-state index contributed by atoms with van der Waals surface area (Å²) in [4.78, 5) is 25.2. The van der Waals surface area contributed by atoms with Gasteiger partial charge in [-0.3, -0.25) is 13.8 Å². The molecule has 2 aromatic carbocycles. The van der Waals surface area contributed by atoms with Gasteiger partial charge in [0.25, 0.3) is 0 Å². The number of aromatic carboxylic acids is 1. The molecule has 1 aliphatic carbocycles. The molecule has 1 N–H and O–H groups in total. The smallest absolute Gasteiger partial charge is 0.335 e. The van der Waals surface area contributed by atoms with Gasteiger partial charge in [-0.15, -0.1) is 0 Å². The highest BCUT2D eigenvalue weighted by atomic mass is 16.5. The van der Waals surface area contributed by atoms with E-state index in [2.05, 4.69) is 17.2 Å². The summed E-state index contributed by atoms with van der Waals surface area (Å²) in [6.07, 6.45) is 7.89. The number of ether oxygens (including phenoxy) is 1. The quantitative estimate of drug-likeness (QED) is 0.472. The second-order valence-electron chi connectivity index (χ2n) is 9.25. The zero-order valence-electron chi connectivity index (χ0n) is 18.8. The monoisotopic (exact) mass is 458 g/mol. The van der Waals surface area contributed by atoms with E-state index < -0.39 is 5.97 Å². The van der Waals surface area contributed by atoms with E-state index in [0.717, 1.165) is 48.3 Å². The maximum atomic E-state index is 13.7. The molecule has 174 valence electrons. The molecule has 0 bridgehead atoms. The maximum Gasteiger partial charge on any atom is 0.335 e. The summed E-state index contributed by atoms with van der Waals surface area (Å²) < 4.78 is 10.9. The molecule has 0 spiro atoms. The van der Waals surface area contributed by atoms with Crippen LogP contribution in [0.15, 0.2) is 59.7 Å². The Bertz CT molecular complexity index is 1440. The SMILES string of the molecule is O=C(O)c1cccc(Cn2c(=O)n(-c3cnn(C4CCOCC4)c3)c3cc(C4CC4)ccc32)c1. The molecule has 34 heavy (non-hydrogen) atoms. The van der Waals surface area contributed by atoms with Gasteiger partial charge in [0.15, 0.2) is 0 Å². The van der Waals surface area contributed by atoms with E-state index in [0.29, 0.717) is 12.5 Å². The first-order chi connectivity index (χ1) is 16.6. The third-order valence-electron chi connectivity index (χ3n) is 6.93. The number of hydrogen-bond donors (Lipinski definition) is 1. The molecule has 0 amide bonds. The van der Waals surface area contributed by atoms with Crippen molar-refractivity contribution in [1.29, 1.82) is 0 Å². The summed E-state index contributed by atoms with van der Waals surface area (Å²) in [6.45, 7) is 1.73. The van der Waals surface area contributed by atoms with E-state index in [4.69, 9.17) is 4.74 Å². The van der Waals surface area contributed by atoms with Crippen LogP contribution in [0.4, 0.5) is 0 Å². The lowest BCUT2D eigenvalue weighted by Crippen LogP contribution is -2.24. The first kappa shape index (κ1) is 20.9. The molecule has 8 heteroatoms. The highest BCUT2D eigenvalue weighted by Crippen LogP contribution is 2.41. The molecule has 2 aromatic heterocycles. The number of hydrogen-bond acceptors (Lipinski definition) is 4. The molecule has 2 fully saturated rings. The second kappa shape index (κ2) is 8.29. The largest absolute Gasteiger partial charge is 0.478 e. The third kappa shape index (κ3) is 3.74. The summed E-state index contributed by atoms with van der Waals surface area (Å²) in [5.74, 6) is -0.417. The van der Waals surface area contributed by atoms with E-state index in [1.807, 2.05) is 23.0 Å². The fourth-order valence-corrected chi connectivity index (χ4v) is 4.93. The van der Waals surface area contributed by atoms with Crippen molar-refractivity contribution < 1.29 is 14.6 Å². The average molecular weight is 459 g/mol. The number of aromatic nitrogens is 4. The van der Waals surface area contributed by atoms with Crippen LogP contribution in [-0.4, -0.2) is 43.2 Å². The Morgan fingerprint density at radius 1 is 1.06 bits per heavy atom. The normalized spacial score (nSPS) is 16.8. The average Bonchev–Trinajstić information content (AvgIpc) is 3.54. The van der Waals surface area contributed by atoms with Gasteiger partial charge in [-0.05, 0) is 67.0 Å². The maximum absolute atomic E-state index is 13.7. The zero-order chi connectivity index (χ0) is 23.2. The minimum atomic E-state index is -0.980. The fourth-order valence-electron chi connectivity index (χ4n) is 4.93. The molecule has 0 atom stereocenters. The van der Waals surface area contributed by atoms with Gasteiger partial charge < -0.3 is 9.84 Å². The first-order valence-electron chi connectivity index (χ1n) is 11.8. The van der Waals surface area contributed by atoms with Crippen LogP contribution in [-0.2, 0) is 11.3 Å². The lowest BCUT2D eigenvalue weighted by atomic mass is 10.1. The van der Waals surface area contributed by atoms with Crippen molar-refractivity contribution in [2.24, 2.45) is 0 Å². The van der Waals surface area contributed by atoms with E-state index in [1.54, 1.807) is 33.5 Å². The van der Waals surface area contributed by atoms with Crippen molar-refractivity contribution in [3.05, 3.63) is 82.0 Å². The predicted octanol–water partition coefficient (Wildman–Crippen LogP) is 3.96. The van der Waals surface area contributed by atoms with Crippen LogP contribution in [0, 0.1) is 0 Å². The number of carboxylic acid groups (broad SMARTS) is 1. The number of carboxylic acids is 1. The molecule has 1 saturated heterocycles. The number of carbonyl (C=O) groups is 1. The van der Waals surface area contributed by atoms with Crippen LogP contribution in [0.5, 0.6) is 0 Å². The van der Waals surface area contributed by atoms with Gasteiger partial charge in [0.2, 0.25) is 0 Å². The number of imidazole rings is 1. The molecule has 2 aliphatic rings. The van der Waals surface area contributed by atoms with Crippen molar-refractivity contribution in [2.45, 2.75) is 44.2 Å². The van der Waals surface area contributed by atoms with Gasteiger partial charge in [-0.25, -0.2) is 9.59 Å². The number of nitrogens with zero attached hydrogens (tertiary/aromatic N) is 4. The van der Waals surface area contributed by atoms with Gasteiger partial charge in [0.05, 0.1) is 41.1 Å². The first-order valence-corrected chi connectivity index (χ1v) is 11.8. The van der Waals surface area contributed by atoms with E-state index in [9.17, 15) is 14.7 Å². The molecule has 6 rings (SSSR count). The van der Waals surface area contributed by atoms with Gasteiger partial charge in [0.1, 0.15) is 0 Å². The Kier molecular flexibility index (Phi) is 5.10. The Hall–Kier alpha value is -3.65. The summed E-state index contributed by atoms with van der Waals surface area (Å²) in [5, 5.41) is 13.9. The highest BCUT2D eigenvalue weighted by molar-refractivity contribution is 5.87. The van der Waals surface area contributed by atoms with Gasteiger partial charge >= 0.3 is 11.7 Å². The van der Waals surface area contributed by atoms with Gasteiger partial charge in [-0.2, -0.15) is 5.10 Å². The zero-order valence-corrected chi connectivity index (χ0v) is 18.8. The van der Waals surface area contributed by atoms with E-state index >= 15 is 0 Å². The van der Waals surface area contributed by atoms with Gasteiger partial charge in [-0.1, -0.05) is 18.2 Å². The van der Waals surface area contributed by atoms with Crippen molar-refractivity contribution >= 4 is 17.0 Å². The van der Waals surface area contributed by atoms with E-state index in [-0.39, 0.29) is 17.3 Å². The molecule has 0 radical (unpaired) electrons. The molecule has 4 aromatic rings. The Morgan fingerprint density at radius 2 is 1.88 bits per heavy atom. The molecule has 3 heterocycles. The highest BCUT2D eigenvalue weighted by Gasteiger charge is 2.26. The Labute approximate surface area is 196 Å². The summed E-state index contributed by atoms with van der Waals surface area (Å²) >= 11 is 0. The molecular formula is C26H26N4O4. The number of benzene rings is 2. The summed E-state index contributed by atoms with van der Waals surface area (Å²) in [6, 6.07) is 13.3. The Balaban J connectivity index is 1.46. The second-order valence-corrected chi connectivity index (χ2v) is 9.25. The fraction of sp³-hybridized carbons (Fsp3) is 0.346. The molecule has 8 nitrogen and oxygen atoms in total. The molecule has 1 saturated carbocycles. The lowest BCUT2D eigenvalue weighted by Gasteiger charge is -2.22. The van der Waals surface area contributed by atoms with Crippen LogP contribution in [0.25, 0.3) is 16.7 Å². The Morgan fingerprint density at radius 3 is 2.65 bits per heavy atom. The van der Waals surface area contributed by atoms with Crippen molar-refractivity contribution in [2.75, 3.05) is 13.2 Å². The van der Waals surface area contributed by atoms with Crippen LogP contribution in [0.3, 0.4) is 0 Å². The lowest BCUT2D eigenvalue weighted by molar-refractivity contribution is 0.0662. The standard InChI is InChI=1S/C26H26N4O4/c31-25(32)20-3-1-2-17(12-20)15-28-23-7-6-19(18-4-5-18)13-24(23)30(26(28)33)22-14-27-29(16-22)21-8-10-34-11-9-21/h1-3,6-7,12-14,16,18,21H,4-5,8-11,15H2,(H,31,32). The van der Waals surface area contributed by atoms with Crippen LogP contribution >= 0.6 is 0 Å². The summed E-state index contributed by atoms with van der Waals surface area (Å²) in [7, 11) is 0. The molecular weight excluding hydrogens is 432 g/mol. The van der Waals surface area contributed by atoms with Crippen molar-refractivity contribution in [1.82, 2.24) is 18.9 Å². The van der Waals surface area contributed by atoms with Gasteiger partial charge in [0, 0.05) is 19.4 Å². The van der Waals surface area contributed by atoms with Crippen LogP contribution in [0.1, 0.15) is 59.1 Å².